The highest BCUT2D eigenvalue weighted by molar-refractivity contribution is 5.96. The zero-order chi connectivity index (χ0) is 20.3. The van der Waals surface area contributed by atoms with E-state index in [-0.39, 0.29) is 11.9 Å². The van der Waals surface area contributed by atoms with Crippen LogP contribution < -0.4 is 5.32 Å². The van der Waals surface area contributed by atoms with Crippen molar-refractivity contribution in [3.05, 3.63) is 88.2 Å². The first kappa shape index (κ1) is 19.9. The Balaban J connectivity index is 1.75. The third-order valence-corrected chi connectivity index (χ3v) is 5.23. The fourth-order valence-corrected chi connectivity index (χ4v) is 3.46. The smallest absolute Gasteiger partial charge is 0.255 e. The van der Waals surface area contributed by atoms with E-state index in [1.54, 1.807) is 0 Å². The van der Waals surface area contributed by atoms with Crippen LogP contribution in [-0.4, -0.2) is 15.7 Å². The molecule has 0 unspecified atom stereocenters. The summed E-state index contributed by atoms with van der Waals surface area (Å²) in [5.74, 6) is 0.425. The summed E-state index contributed by atoms with van der Waals surface area (Å²) in [6.45, 7) is 10.9. The molecule has 0 saturated carbocycles. The summed E-state index contributed by atoms with van der Waals surface area (Å²) in [5.41, 5.74) is 5.88. The molecule has 0 spiro atoms. The second-order valence-electron chi connectivity index (χ2n) is 7.71. The Morgan fingerprint density at radius 3 is 2.18 bits per heavy atom. The van der Waals surface area contributed by atoms with E-state index in [9.17, 15) is 4.79 Å². The summed E-state index contributed by atoms with van der Waals surface area (Å²) in [6.07, 6.45) is 0. The molecule has 2 aromatic carbocycles. The summed E-state index contributed by atoms with van der Waals surface area (Å²) in [7, 11) is 0. The highest BCUT2D eigenvalue weighted by atomic mass is 16.1. The molecule has 3 aromatic rings. The number of rotatable bonds is 6. The average Bonchev–Trinajstić information content (AvgIpc) is 2.95. The molecule has 0 saturated heterocycles. The highest BCUT2D eigenvalue weighted by Crippen LogP contribution is 2.20. The minimum atomic E-state index is -0.0743. The van der Waals surface area contributed by atoms with Gasteiger partial charge in [-0.15, -0.1) is 0 Å². The van der Waals surface area contributed by atoms with Gasteiger partial charge in [-0.2, -0.15) is 5.10 Å². The third kappa shape index (κ3) is 4.33. The molecule has 0 aliphatic rings. The number of aromatic nitrogens is 2. The van der Waals surface area contributed by atoms with Crippen LogP contribution in [0.4, 0.5) is 0 Å². The van der Waals surface area contributed by atoms with E-state index >= 15 is 0 Å². The summed E-state index contributed by atoms with van der Waals surface area (Å²) in [6, 6.07) is 18.6. The van der Waals surface area contributed by atoms with E-state index in [1.165, 1.54) is 11.1 Å². The van der Waals surface area contributed by atoms with E-state index < -0.39 is 0 Å². The minimum Gasteiger partial charge on any atom is -0.345 e. The normalized spacial score (nSPS) is 12.2. The monoisotopic (exact) mass is 375 g/mol. The molecule has 0 bridgehead atoms. The highest BCUT2D eigenvalue weighted by Gasteiger charge is 2.20. The SMILES string of the molecule is Cc1nn(Cc2ccccc2)c(C)c1C(=O)N[C@@H](C)c1ccc(C(C)C)cc1. The van der Waals surface area contributed by atoms with Crippen molar-refractivity contribution in [2.75, 3.05) is 0 Å². The Bertz CT molecular complexity index is 940. The summed E-state index contributed by atoms with van der Waals surface area (Å²) in [4.78, 5) is 12.9. The lowest BCUT2D eigenvalue weighted by Crippen LogP contribution is -2.27. The molecule has 1 amide bonds. The van der Waals surface area contributed by atoms with Crippen molar-refractivity contribution in [3.8, 4) is 0 Å². The number of nitrogens with one attached hydrogen (secondary N) is 1. The van der Waals surface area contributed by atoms with E-state index in [1.807, 2.05) is 43.7 Å². The fraction of sp³-hybridized carbons (Fsp3) is 0.333. The summed E-state index contributed by atoms with van der Waals surface area (Å²) in [5, 5.41) is 7.72. The molecular weight excluding hydrogens is 346 g/mol. The van der Waals surface area contributed by atoms with Gasteiger partial charge in [0.2, 0.25) is 0 Å². The van der Waals surface area contributed by atoms with Crippen molar-refractivity contribution < 1.29 is 4.79 Å². The van der Waals surface area contributed by atoms with Crippen LogP contribution in [0.5, 0.6) is 0 Å². The van der Waals surface area contributed by atoms with Crippen molar-refractivity contribution in [1.29, 1.82) is 0 Å². The molecule has 146 valence electrons. The minimum absolute atomic E-state index is 0.0648. The first-order chi connectivity index (χ1) is 13.4. The van der Waals surface area contributed by atoms with Gasteiger partial charge in [0.25, 0.3) is 5.91 Å². The number of aryl methyl sites for hydroxylation is 1. The van der Waals surface area contributed by atoms with E-state index in [2.05, 4.69) is 60.7 Å². The van der Waals surface area contributed by atoms with Crippen molar-refractivity contribution in [1.82, 2.24) is 15.1 Å². The number of carbonyl (C=O) groups is 1. The van der Waals surface area contributed by atoms with Gasteiger partial charge in [-0.05, 0) is 43.4 Å². The molecule has 1 atom stereocenters. The van der Waals surface area contributed by atoms with Gasteiger partial charge < -0.3 is 5.32 Å². The van der Waals surface area contributed by atoms with Gasteiger partial charge in [-0.3, -0.25) is 9.48 Å². The van der Waals surface area contributed by atoms with E-state index in [4.69, 9.17) is 0 Å². The first-order valence-corrected chi connectivity index (χ1v) is 9.85. The van der Waals surface area contributed by atoms with Gasteiger partial charge in [0, 0.05) is 5.69 Å². The average molecular weight is 376 g/mol. The number of hydrogen-bond acceptors (Lipinski definition) is 2. The Labute approximate surface area is 167 Å². The number of hydrogen-bond donors (Lipinski definition) is 1. The molecule has 0 radical (unpaired) electrons. The van der Waals surface area contributed by atoms with E-state index in [0.717, 1.165) is 17.0 Å². The largest absolute Gasteiger partial charge is 0.345 e. The standard InChI is InChI=1S/C24H29N3O/c1-16(2)21-11-13-22(14-12-21)17(3)25-24(28)23-18(4)26-27(19(23)5)15-20-9-7-6-8-10-20/h6-14,16-17H,15H2,1-5H3,(H,25,28)/t17-/m0/s1. The number of nitrogens with zero attached hydrogens (tertiary/aromatic N) is 2. The maximum Gasteiger partial charge on any atom is 0.255 e. The van der Waals surface area contributed by atoms with Crippen LogP contribution in [0.2, 0.25) is 0 Å². The summed E-state index contributed by atoms with van der Waals surface area (Å²) >= 11 is 0. The molecule has 3 rings (SSSR count). The number of amides is 1. The molecule has 1 aromatic heterocycles. The quantitative estimate of drug-likeness (QED) is 0.647. The molecule has 0 aliphatic heterocycles. The zero-order valence-corrected chi connectivity index (χ0v) is 17.4. The van der Waals surface area contributed by atoms with Crippen LogP contribution >= 0.6 is 0 Å². The lowest BCUT2D eigenvalue weighted by Gasteiger charge is -2.16. The molecule has 0 aliphatic carbocycles. The second-order valence-corrected chi connectivity index (χ2v) is 7.71. The van der Waals surface area contributed by atoms with Crippen molar-refractivity contribution in [2.45, 2.75) is 53.1 Å². The molecule has 1 N–H and O–H groups in total. The Kier molecular flexibility index (Phi) is 5.98. The maximum atomic E-state index is 12.9. The van der Waals surface area contributed by atoms with Gasteiger partial charge in [0.1, 0.15) is 0 Å². The van der Waals surface area contributed by atoms with Crippen molar-refractivity contribution in [2.24, 2.45) is 0 Å². The van der Waals surface area contributed by atoms with Crippen molar-refractivity contribution >= 4 is 5.91 Å². The summed E-state index contributed by atoms with van der Waals surface area (Å²) < 4.78 is 1.90. The van der Waals surface area contributed by atoms with Gasteiger partial charge in [0.05, 0.1) is 23.8 Å². The van der Waals surface area contributed by atoms with Gasteiger partial charge in [-0.1, -0.05) is 68.4 Å². The third-order valence-electron chi connectivity index (χ3n) is 5.23. The van der Waals surface area contributed by atoms with Crippen LogP contribution in [0.1, 0.15) is 71.2 Å². The van der Waals surface area contributed by atoms with Crippen LogP contribution in [0.25, 0.3) is 0 Å². The fourth-order valence-electron chi connectivity index (χ4n) is 3.46. The van der Waals surface area contributed by atoms with Crippen LogP contribution in [0, 0.1) is 13.8 Å². The van der Waals surface area contributed by atoms with E-state index in [0.29, 0.717) is 18.0 Å². The predicted molar refractivity (Wildman–Crippen MR) is 114 cm³/mol. The van der Waals surface area contributed by atoms with Crippen LogP contribution in [0.3, 0.4) is 0 Å². The molecular formula is C24H29N3O. The number of benzene rings is 2. The molecule has 28 heavy (non-hydrogen) atoms. The topological polar surface area (TPSA) is 46.9 Å². The maximum absolute atomic E-state index is 12.9. The van der Waals surface area contributed by atoms with Gasteiger partial charge in [-0.25, -0.2) is 0 Å². The van der Waals surface area contributed by atoms with Gasteiger partial charge in [0.15, 0.2) is 0 Å². The molecule has 4 heteroatoms. The Hall–Kier alpha value is -2.88. The Morgan fingerprint density at radius 1 is 0.964 bits per heavy atom. The predicted octanol–water partition coefficient (Wildman–Crippen LogP) is 5.16. The molecule has 0 fully saturated rings. The lowest BCUT2D eigenvalue weighted by molar-refractivity contribution is 0.0938. The molecule has 1 heterocycles. The Morgan fingerprint density at radius 2 is 1.57 bits per heavy atom. The van der Waals surface area contributed by atoms with Gasteiger partial charge >= 0.3 is 0 Å². The lowest BCUT2D eigenvalue weighted by atomic mass is 9.99. The van der Waals surface area contributed by atoms with Crippen LogP contribution in [0.15, 0.2) is 54.6 Å². The molecule has 4 nitrogen and oxygen atoms in total. The van der Waals surface area contributed by atoms with Crippen molar-refractivity contribution in [3.63, 3.8) is 0 Å². The first-order valence-electron chi connectivity index (χ1n) is 9.85. The zero-order valence-electron chi connectivity index (χ0n) is 17.4. The second kappa shape index (κ2) is 8.42. The van der Waals surface area contributed by atoms with Crippen LogP contribution in [-0.2, 0) is 6.54 Å². The number of carbonyl (C=O) groups excluding carboxylic acids is 1.